The minimum atomic E-state index is -0.777. The number of rotatable bonds is 7. The molecule has 2 heterocycles. The van der Waals surface area contributed by atoms with Crippen LogP contribution in [0.25, 0.3) is 10.9 Å². The number of hydrogen-bond donors (Lipinski definition) is 2. The summed E-state index contributed by atoms with van der Waals surface area (Å²) in [6.45, 7) is 1.92. The zero-order valence-electron chi connectivity index (χ0n) is 20.1. The number of carbonyl (C=O) groups is 2. The van der Waals surface area contributed by atoms with E-state index in [2.05, 4.69) is 5.32 Å². The molecule has 2 N–H and O–H groups in total. The molecule has 0 radical (unpaired) electrons. The fourth-order valence-corrected chi connectivity index (χ4v) is 5.21. The van der Waals surface area contributed by atoms with Crippen LogP contribution < -0.4 is 10.1 Å². The second kappa shape index (κ2) is 10.7. The number of ether oxygens (including phenoxy) is 2. The Bertz CT molecular complexity index is 1220. The van der Waals surface area contributed by atoms with Gasteiger partial charge in [-0.1, -0.05) is 12.1 Å². The number of carboxylic acid groups (broad SMARTS) is 1. The number of halogens is 1. The highest BCUT2D eigenvalue weighted by Crippen LogP contribution is 2.28. The van der Waals surface area contributed by atoms with Crippen LogP contribution in [0.3, 0.4) is 0 Å². The summed E-state index contributed by atoms with van der Waals surface area (Å²) in [5.41, 5.74) is 1.97. The first-order chi connectivity index (χ1) is 17.5. The van der Waals surface area contributed by atoms with Crippen LogP contribution in [0, 0.1) is 11.7 Å². The molecule has 1 aliphatic heterocycles. The van der Waals surface area contributed by atoms with Crippen molar-refractivity contribution in [2.75, 3.05) is 13.2 Å². The molecule has 1 aliphatic carbocycles. The molecule has 0 unspecified atom stereocenters. The maximum absolute atomic E-state index is 14.6. The topological polar surface area (TPSA) is 89.8 Å². The molecule has 0 atom stereocenters. The zero-order valence-corrected chi connectivity index (χ0v) is 20.1. The Kier molecular flexibility index (Phi) is 7.23. The molecule has 190 valence electrons. The minimum absolute atomic E-state index is 0.0834. The number of aliphatic carboxylic acids is 1. The van der Waals surface area contributed by atoms with Crippen LogP contribution in [0.15, 0.2) is 48.7 Å². The van der Waals surface area contributed by atoms with Crippen molar-refractivity contribution in [3.05, 3.63) is 65.6 Å². The first-order valence-electron chi connectivity index (χ1n) is 12.6. The molecule has 2 fully saturated rings. The Morgan fingerprint density at radius 1 is 1.00 bits per heavy atom. The van der Waals surface area contributed by atoms with Crippen molar-refractivity contribution in [3.8, 4) is 5.75 Å². The van der Waals surface area contributed by atoms with Crippen molar-refractivity contribution >= 4 is 22.8 Å². The molecular weight excluding hydrogens is 463 g/mol. The number of fused-ring (bicyclic) bond motifs is 1. The number of benzene rings is 2. The van der Waals surface area contributed by atoms with Crippen LogP contribution in [-0.4, -0.2) is 46.9 Å². The van der Waals surface area contributed by atoms with Gasteiger partial charge in [-0.25, -0.2) is 4.39 Å². The Balaban J connectivity index is 1.31. The Morgan fingerprint density at radius 2 is 1.72 bits per heavy atom. The molecule has 2 aromatic carbocycles. The highest BCUT2D eigenvalue weighted by atomic mass is 19.1. The second-order valence-electron chi connectivity index (χ2n) is 9.73. The summed E-state index contributed by atoms with van der Waals surface area (Å²) < 4.78 is 27.9. The molecule has 1 saturated carbocycles. The van der Waals surface area contributed by atoms with Gasteiger partial charge in [0.1, 0.15) is 17.7 Å². The summed E-state index contributed by atoms with van der Waals surface area (Å²) in [4.78, 5) is 24.4. The van der Waals surface area contributed by atoms with Crippen LogP contribution in [-0.2, 0) is 16.1 Å². The number of amides is 1. The van der Waals surface area contributed by atoms with E-state index < -0.39 is 5.97 Å². The largest absolute Gasteiger partial charge is 0.490 e. The molecule has 1 aromatic heterocycles. The number of hydrogen-bond acceptors (Lipinski definition) is 4. The number of nitrogens with one attached hydrogen (secondary N) is 1. The lowest BCUT2D eigenvalue weighted by Crippen LogP contribution is -2.38. The highest BCUT2D eigenvalue weighted by molar-refractivity contribution is 6.06. The van der Waals surface area contributed by atoms with Crippen molar-refractivity contribution in [2.45, 2.75) is 57.2 Å². The van der Waals surface area contributed by atoms with E-state index in [9.17, 15) is 19.1 Å². The van der Waals surface area contributed by atoms with Gasteiger partial charge in [-0.2, -0.15) is 0 Å². The lowest BCUT2D eigenvalue weighted by molar-refractivity contribution is -0.142. The Morgan fingerprint density at radius 3 is 2.42 bits per heavy atom. The van der Waals surface area contributed by atoms with Gasteiger partial charge in [-0.15, -0.1) is 0 Å². The van der Waals surface area contributed by atoms with Crippen molar-refractivity contribution in [3.63, 3.8) is 0 Å². The molecule has 7 nitrogen and oxygen atoms in total. The van der Waals surface area contributed by atoms with E-state index >= 15 is 0 Å². The summed E-state index contributed by atoms with van der Waals surface area (Å²) in [5.74, 6) is -0.949. The summed E-state index contributed by atoms with van der Waals surface area (Å²) in [6.07, 6.45) is 6.07. The monoisotopic (exact) mass is 494 g/mol. The third-order valence-electron chi connectivity index (χ3n) is 7.28. The number of aromatic nitrogens is 1. The summed E-state index contributed by atoms with van der Waals surface area (Å²) in [7, 11) is 0. The highest BCUT2D eigenvalue weighted by Gasteiger charge is 2.27. The van der Waals surface area contributed by atoms with Gasteiger partial charge in [0.05, 0.1) is 30.2 Å². The molecule has 3 aromatic rings. The van der Waals surface area contributed by atoms with Gasteiger partial charge < -0.3 is 24.5 Å². The second-order valence-corrected chi connectivity index (χ2v) is 9.73. The summed E-state index contributed by atoms with van der Waals surface area (Å²) in [5, 5.41) is 12.6. The molecular formula is C28H31FN2O5. The molecule has 5 rings (SSSR count). The predicted molar refractivity (Wildman–Crippen MR) is 133 cm³/mol. The SMILES string of the molecule is O=C(NC1CCC(C(=O)O)CC1)c1ccc(F)c2ccn(Cc3ccc(OC4CCOCC4)cc3)c12. The molecule has 1 saturated heterocycles. The molecule has 0 bridgehead atoms. The first-order valence-corrected chi connectivity index (χ1v) is 12.6. The van der Waals surface area contributed by atoms with Gasteiger partial charge in [-0.05, 0) is 61.6 Å². The molecule has 2 aliphatic rings. The Labute approximate surface area is 209 Å². The van der Waals surface area contributed by atoms with Crippen LogP contribution in [0.2, 0.25) is 0 Å². The van der Waals surface area contributed by atoms with Gasteiger partial charge in [-0.3, -0.25) is 9.59 Å². The van der Waals surface area contributed by atoms with E-state index in [1.807, 2.05) is 28.8 Å². The molecule has 0 spiro atoms. The fourth-order valence-electron chi connectivity index (χ4n) is 5.21. The predicted octanol–water partition coefficient (Wildman–Crippen LogP) is 4.76. The van der Waals surface area contributed by atoms with E-state index in [0.717, 1.165) is 37.4 Å². The normalized spacial score (nSPS) is 20.8. The van der Waals surface area contributed by atoms with E-state index in [1.54, 1.807) is 12.3 Å². The van der Waals surface area contributed by atoms with Gasteiger partial charge in [0.15, 0.2) is 0 Å². The number of carbonyl (C=O) groups excluding carboxylic acids is 1. The fraction of sp³-hybridized carbons (Fsp3) is 0.429. The average Bonchev–Trinajstić information content (AvgIpc) is 3.31. The summed E-state index contributed by atoms with van der Waals surface area (Å²) >= 11 is 0. The van der Waals surface area contributed by atoms with E-state index in [-0.39, 0.29) is 29.8 Å². The van der Waals surface area contributed by atoms with E-state index in [4.69, 9.17) is 9.47 Å². The van der Waals surface area contributed by atoms with Gasteiger partial charge in [0.25, 0.3) is 5.91 Å². The average molecular weight is 495 g/mol. The third-order valence-corrected chi connectivity index (χ3v) is 7.28. The Hall–Kier alpha value is -3.39. The minimum Gasteiger partial charge on any atom is -0.490 e. The van der Waals surface area contributed by atoms with Crippen molar-refractivity contribution in [2.24, 2.45) is 5.92 Å². The summed E-state index contributed by atoms with van der Waals surface area (Å²) in [6, 6.07) is 12.3. The third kappa shape index (κ3) is 5.38. The zero-order chi connectivity index (χ0) is 25.1. The van der Waals surface area contributed by atoms with Crippen molar-refractivity contribution < 1.29 is 28.6 Å². The molecule has 8 heteroatoms. The van der Waals surface area contributed by atoms with E-state index in [0.29, 0.717) is 48.7 Å². The standard InChI is InChI=1S/C28H31FN2O5/c29-25-10-9-24(27(32)30-20-5-3-19(4-6-20)28(33)34)26-23(25)11-14-31(26)17-18-1-7-21(8-2-18)36-22-12-15-35-16-13-22/h1-2,7-11,14,19-20,22H,3-6,12-13,15-17H2,(H,30,32)(H,33,34). The lowest BCUT2D eigenvalue weighted by Gasteiger charge is -2.27. The quantitative estimate of drug-likeness (QED) is 0.494. The maximum Gasteiger partial charge on any atom is 0.306 e. The lowest BCUT2D eigenvalue weighted by atomic mass is 9.86. The molecule has 36 heavy (non-hydrogen) atoms. The van der Waals surface area contributed by atoms with Gasteiger partial charge in [0, 0.05) is 37.0 Å². The van der Waals surface area contributed by atoms with Gasteiger partial charge in [0.2, 0.25) is 0 Å². The molecule has 1 amide bonds. The van der Waals surface area contributed by atoms with E-state index in [1.165, 1.54) is 12.1 Å². The number of carboxylic acids is 1. The maximum atomic E-state index is 14.6. The van der Waals surface area contributed by atoms with Crippen LogP contribution in [0.5, 0.6) is 5.75 Å². The first kappa shape index (κ1) is 24.3. The van der Waals surface area contributed by atoms with Crippen molar-refractivity contribution in [1.29, 1.82) is 0 Å². The van der Waals surface area contributed by atoms with Crippen molar-refractivity contribution in [1.82, 2.24) is 9.88 Å². The van der Waals surface area contributed by atoms with Crippen LogP contribution in [0.4, 0.5) is 4.39 Å². The smallest absolute Gasteiger partial charge is 0.306 e. The number of nitrogens with zero attached hydrogens (tertiary/aromatic N) is 1. The van der Waals surface area contributed by atoms with Crippen LogP contribution >= 0.6 is 0 Å². The van der Waals surface area contributed by atoms with Gasteiger partial charge >= 0.3 is 5.97 Å². The van der Waals surface area contributed by atoms with Crippen LogP contribution in [0.1, 0.15) is 54.4 Å².